The van der Waals surface area contributed by atoms with Crippen LogP contribution in [0.15, 0.2) is 66.7 Å². The van der Waals surface area contributed by atoms with Crippen molar-refractivity contribution in [3.05, 3.63) is 83.7 Å². The van der Waals surface area contributed by atoms with E-state index < -0.39 is 5.97 Å². The van der Waals surface area contributed by atoms with E-state index in [-0.39, 0.29) is 6.03 Å². The molecule has 2 N–H and O–H groups in total. The molecule has 7 nitrogen and oxygen atoms in total. The number of hydrogen-bond acceptors (Lipinski definition) is 3. The Morgan fingerprint density at radius 1 is 1.00 bits per heavy atom. The number of aromatic carboxylic acids is 1. The van der Waals surface area contributed by atoms with Gasteiger partial charge in [0.2, 0.25) is 0 Å². The predicted octanol–water partition coefficient (Wildman–Crippen LogP) is 6.42. The lowest BCUT2D eigenvalue weighted by Crippen LogP contribution is -2.32. The van der Waals surface area contributed by atoms with E-state index in [0.29, 0.717) is 23.4 Å². The molecule has 37 heavy (non-hydrogen) atoms. The summed E-state index contributed by atoms with van der Waals surface area (Å²) in [6.07, 6.45) is 4.88. The SMILES string of the molecule is CCCCc1nc2ccc(NC(=O)N3CCCC3)cc2n1Cc1cccc(-c2ccccc2)c1C(=O)O. The molecule has 0 radical (unpaired) electrons. The number of hydrogen-bond donors (Lipinski definition) is 2. The van der Waals surface area contributed by atoms with Crippen LogP contribution in [-0.2, 0) is 13.0 Å². The molecule has 1 aliphatic heterocycles. The second-order valence-corrected chi connectivity index (χ2v) is 9.56. The van der Waals surface area contributed by atoms with Crippen molar-refractivity contribution >= 4 is 28.7 Å². The molecule has 0 atom stereocenters. The Bertz CT molecular complexity index is 1420. The minimum Gasteiger partial charge on any atom is -0.478 e. The molecule has 190 valence electrons. The van der Waals surface area contributed by atoms with Crippen LogP contribution in [-0.4, -0.2) is 44.6 Å². The van der Waals surface area contributed by atoms with Crippen LogP contribution in [0.2, 0.25) is 0 Å². The van der Waals surface area contributed by atoms with Gasteiger partial charge >= 0.3 is 12.0 Å². The van der Waals surface area contributed by atoms with Crippen molar-refractivity contribution in [2.75, 3.05) is 18.4 Å². The fraction of sp³-hybridized carbons (Fsp3) is 0.300. The lowest BCUT2D eigenvalue weighted by Gasteiger charge is -2.17. The Hall–Kier alpha value is -4.13. The number of carboxylic acid groups (broad SMARTS) is 1. The number of nitrogens with zero attached hydrogens (tertiary/aromatic N) is 3. The van der Waals surface area contributed by atoms with E-state index in [9.17, 15) is 14.7 Å². The van der Waals surface area contributed by atoms with Crippen LogP contribution in [0.4, 0.5) is 10.5 Å². The summed E-state index contributed by atoms with van der Waals surface area (Å²) >= 11 is 0. The topological polar surface area (TPSA) is 87.5 Å². The Balaban J connectivity index is 1.56. The maximum absolute atomic E-state index is 12.7. The molecule has 0 aliphatic carbocycles. The van der Waals surface area contributed by atoms with E-state index in [4.69, 9.17) is 4.98 Å². The maximum atomic E-state index is 12.7. The van der Waals surface area contributed by atoms with Gasteiger partial charge in [-0.15, -0.1) is 0 Å². The minimum atomic E-state index is -0.951. The Morgan fingerprint density at radius 2 is 1.78 bits per heavy atom. The molecule has 0 bridgehead atoms. The first-order chi connectivity index (χ1) is 18.0. The molecular formula is C30H32N4O3. The smallest absolute Gasteiger partial charge is 0.336 e. The second kappa shape index (κ2) is 10.9. The van der Waals surface area contributed by atoms with Crippen molar-refractivity contribution in [1.82, 2.24) is 14.5 Å². The summed E-state index contributed by atoms with van der Waals surface area (Å²) < 4.78 is 2.10. The van der Waals surface area contributed by atoms with Gasteiger partial charge in [0.05, 0.1) is 23.1 Å². The van der Waals surface area contributed by atoms with E-state index in [1.807, 2.05) is 71.6 Å². The zero-order valence-corrected chi connectivity index (χ0v) is 21.1. The third-order valence-electron chi connectivity index (χ3n) is 7.00. The standard InChI is InChI=1S/C30H32N4O3/c1-2-3-14-27-32-25-16-15-23(31-30(37)33-17-7-8-18-33)19-26(25)34(27)20-22-12-9-13-24(28(22)29(35)36)21-10-5-4-6-11-21/h4-6,9-13,15-16,19H,2-3,7-8,14,17-18,20H2,1H3,(H,31,37)(H,35,36). The van der Waals surface area contributed by atoms with E-state index in [2.05, 4.69) is 16.8 Å². The Labute approximate surface area is 216 Å². The minimum absolute atomic E-state index is 0.0853. The maximum Gasteiger partial charge on any atom is 0.336 e. The first-order valence-electron chi connectivity index (χ1n) is 13.0. The highest BCUT2D eigenvalue weighted by Crippen LogP contribution is 2.29. The summed E-state index contributed by atoms with van der Waals surface area (Å²) in [5.74, 6) is -0.0335. The molecule has 0 saturated carbocycles. The van der Waals surface area contributed by atoms with E-state index in [1.165, 1.54) is 0 Å². The number of benzene rings is 3. The number of rotatable bonds is 8. The van der Waals surface area contributed by atoms with Crippen LogP contribution in [0.3, 0.4) is 0 Å². The van der Waals surface area contributed by atoms with Gasteiger partial charge in [0.1, 0.15) is 5.82 Å². The summed E-state index contributed by atoms with van der Waals surface area (Å²) in [4.78, 5) is 31.9. The van der Waals surface area contributed by atoms with E-state index >= 15 is 0 Å². The third kappa shape index (κ3) is 5.21. The zero-order chi connectivity index (χ0) is 25.8. The van der Waals surface area contributed by atoms with Crippen molar-refractivity contribution in [2.45, 2.75) is 45.6 Å². The number of aromatic nitrogens is 2. The molecule has 1 fully saturated rings. The average Bonchev–Trinajstić information content (AvgIpc) is 3.57. The number of unbranched alkanes of at least 4 members (excludes halogenated alkanes) is 1. The lowest BCUT2D eigenvalue weighted by atomic mass is 9.95. The van der Waals surface area contributed by atoms with Gasteiger partial charge in [-0.1, -0.05) is 61.9 Å². The Kier molecular flexibility index (Phi) is 7.21. The van der Waals surface area contributed by atoms with Crippen LogP contribution < -0.4 is 5.32 Å². The van der Waals surface area contributed by atoms with Gasteiger partial charge in [0.15, 0.2) is 0 Å². The van der Waals surface area contributed by atoms with Crippen molar-refractivity contribution < 1.29 is 14.7 Å². The molecule has 2 heterocycles. The Morgan fingerprint density at radius 3 is 2.51 bits per heavy atom. The van der Waals surface area contributed by atoms with Crippen molar-refractivity contribution in [1.29, 1.82) is 0 Å². The zero-order valence-electron chi connectivity index (χ0n) is 21.1. The number of imidazole rings is 1. The van der Waals surface area contributed by atoms with Crippen LogP contribution in [0.25, 0.3) is 22.2 Å². The number of nitrogens with one attached hydrogen (secondary N) is 1. The average molecular weight is 497 g/mol. The highest BCUT2D eigenvalue weighted by molar-refractivity contribution is 5.98. The van der Waals surface area contributed by atoms with Crippen LogP contribution in [0, 0.1) is 0 Å². The number of anilines is 1. The quantitative estimate of drug-likeness (QED) is 0.295. The molecule has 5 rings (SSSR count). The molecule has 1 aliphatic rings. The lowest BCUT2D eigenvalue weighted by molar-refractivity contribution is 0.0696. The third-order valence-corrected chi connectivity index (χ3v) is 7.00. The number of carboxylic acids is 1. The van der Waals surface area contributed by atoms with Gasteiger partial charge in [-0.3, -0.25) is 0 Å². The van der Waals surface area contributed by atoms with E-state index in [0.717, 1.165) is 73.2 Å². The second-order valence-electron chi connectivity index (χ2n) is 9.56. The number of fused-ring (bicyclic) bond motifs is 1. The molecular weight excluding hydrogens is 464 g/mol. The molecule has 1 aromatic heterocycles. The fourth-order valence-electron chi connectivity index (χ4n) is 5.09. The molecule has 1 saturated heterocycles. The largest absolute Gasteiger partial charge is 0.478 e. The summed E-state index contributed by atoms with van der Waals surface area (Å²) in [5.41, 5.74) is 5.02. The summed E-state index contributed by atoms with van der Waals surface area (Å²) in [6.45, 7) is 4.08. The van der Waals surface area contributed by atoms with Crippen molar-refractivity contribution in [3.63, 3.8) is 0 Å². The summed E-state index contributed by atoms with van der Waals surface area (Å²) in [5, 5.41) is 13.3. The van der Waals surface area contributed by atoms with Gasteiger partial charge in [-0.2, -0.15) is 0 Å². The number of urea groups is 1. The molecule has 4 aromatic rings. The predicted molar refractivity (Wildman–Crippen MR) is 146 cm³/mol. The van der Waals surface area contributed by atoms with Gasteiger partial charge in [-0.05, 0) is 54.2 Å². The van der Waals surface area contributed by atoms with Gasteiger partial charge in [-0.25, -0.2) is 14.6 Å². The highest BCUT2D eigenvalue weighted by atomic mass is 16.4. The van der Waals surface area contributed by atoms with E-state index in [1.54, 1.807) is 0 Å². The molecule has 0 unspecified atom stereocenters. The highest BCUT2D eigenvalue weighted by Gasteiger charge is 2.21. The normalized spacial score (nSPS) is 13.3. The number of carbonyl (C=O) groups excluding carboxylic acids is 1. The van der Waals surface area contributed by atoms with Crippen LogP contribution in [0.1, 0.15) is 54.4 Å². The summed E-state index contributed by atoms with van der Waals surface area (Å²) in [6, 6.07) is 20.9. The van der Waals surface area contributed by atoms with Crippen molar-refractivity contribution in [2.24, 2.45) is 0 Å². The molecule has 0 spiro atoms. The van der Waals surface area contributed by atoms with Crippen LogP contribution in [0.5, 0.6) is 0 Å². The molecule has 7 heteroatoms. The fourth-order valence-corrected chi connectivity index (χ4v) is 5.09. The first-order valence-corrected chi connectivity index (χ1v) is 13.0. The number of aryl methyl sites for hydroxylation is 1. The van der Waals surface area contributed by atoms with Crippen molar-refractivity contribution in [3.8, 4) is 11.1 Å². The van der Waals surface area contributed by atoms with Gasteiger partial charge in [0.25, 0.3) is 0 Å². The monoisotopic (exact) mass is 496 g/mol. The van der Waals surface area contributed by atoms with Crippen LogP contribution >= 0.6 is 0 Å². The van der Waals surface area contributed by atoms with Gasteiger partial charge < -0.3 is 19.9 Å². The summed E-state index contributed by atoms with van der Waals surface area (Å²) in [7, 11) is 0. The first kappa shape index (κ1) is 24.6. The number of carbonyl (C=O) groups is 2. The molecule has 2 amide bonds. The number of likely N-dealkylation sites (tertiary alicyclic amines) is 1. The molecule has 3 aromatic carbocycles. The number of amides is 2. The van der Waals surface area contributed by atoms with Gasteiger partial charge in [0, 0.05) is 25.2 Å².